The van der Waals surface area contributed by atoms with Crippen molar-refractivity contribution in [3.63, 3.8) is 0 Å². The summed E-state index contributed by atoms with van der Waals surface area (Å²) < 4.78 is 0. The monoisotopic (exact) mass is 274 g/mol. The van der Waals surface area contributed by atoms with Crippen molar-refractivity contribution in [3.8, 4) is 0 Å². The Labute approximate surface area is 124 Å². The molecule has 0 saturated heterocycles. The highest BCUT2D eigenvalue weighted by Gasteiger charge is 2.40. The largest absolute Gasteiger partial charge is 0.357 e. The minimum Gasteiger partial charge on any atom is -0.357 e. The first-order valence-corrected chi connectivity index (χ1v) is 7.76. The van der Waals surface area contributed by atoms with Gasteiger partial charge >= 0.3 is 0 Å². The molecular formula is C19H18N2. The van der Waals surface area contributed by atoms with Crippen LogP contribution in [0.25, 0.3) is 10.9 Å². The molecule has 2 nitrogen and oxygen atoms in total. The molecule has 0 unspecified atom stereocenters. The zero-order chi connectivity index (χ0) is 14.0. The fraction of sp³-hybridized carbons (Fsp3) is 0.263. The van der Waals surface area contributed by atoms with Gasteiger partial charge in [-0.05, 0) is 36.1 Å². The van der Waals surface area contributed by atoms with Crippen molar-refractivity contribution in [2.24, 2.45) is 0 Å². The lowest BCUT2D eigenvalue weighted by atomic mass is 9.91. The first kappa shape index (κ1) is 11.6. The first-order chi connectivity index (χ1) is 10.3. The molecule has 5 rings (SSSR count). The molecule has 2 heteroatoms. The van der Waals surface area contributed by atoms with Crippen molar-refractivity contribution < 1.29 is 0 Å². The van der Waals surface area contributed by atoms with Gasteiger partial charge in [-0.3, -0.25) is 4.90 Å². The van der Waals surface area contributed by atoms with Crippen LogP contribution in [0.3, 0.4) is 0 Å². The summed E-state index contributed by atoms with van der Waals surface area (Å²) in [5.41, 5.74) is 7.19. The SMILES string of the molecule is C[C@@H]1Cc2c([nH]c3ccccc23)[C@@H]2c3ccccc3CN21. The summed E-state index contributed by atoms with van der Waals surface area (Å²) in [5.74, 6) is 0. The van der Waals surface area contributed by atoms with Crippen LogP contribution in [-0.2, 0) is 13.0 Å². The molecule has 2 aromatic carbocycles. The van der Waals surface area contributed by atoms with Crippen molar-refractivity contribution in [1.29, 1.82) is 0 Å². The number of rotatable bonds is 0. The summed E-state index contributed by atoms with van der Waals surface area (Å²) in [6, 6.07) is 18.6. The van der Waals surface area contributed by atoms with Gasteiger partial charge in [-0.25, -0.2) is 0 Å². The Morgan fingerprint density at radius 1 is 1.05 bits per heavy atom. The lowest BCUT2D eigenvalue weighted by molar-refractivity contribution is 0.162. The van der Waals surface area contributed by atoms with Gasteiger partial charge in [0.15, 0.2) is 0 Å². The third kappa shape index (κ3) is 1.46. The summed E-state index contributed by atoms with van der Waals surface area (Å²) in [6.45, 7) is 3.44. The van der Waals surface area contributed by atoms with Gasteiger partial charge in [0, 0.05) is 29.2 Å². The number of aromatic nitrogens is 1. The fourth-order valence-electron chi connectivity index (χ4n) is 4.23. The molecule has 1 N–H and O–H groups in total. The van der Waals surface area contributed by atoms with E-state index in [-0.39, 0.29) is 0 Å². The number of hydrogen-bond acceptors (Lipinski definition) is 1. The lowest BCUT2D eigenvalue weighted by Crippen LogP contribution is -2.38. The maximum Gasteiger partial charge on any atom is 0.0765 e. The molecule has 3 aromatic rings. The second-order valence-corrected chi connectivity index (χ2v) is 6.39. The summed E-state index contributed by atoms with van der Waals surface area (Å²) in [7, 11) is 0. The van der Waals surface area contributed by atoms with Gasteiger partial charge in [0.1, 0.15) is 0 Å². The number of aromatic amines is 1. The Morgan fingerprint density at radius 3 is 2.81 bits per heavy atom. The number of nitrogens with one attached hydrogen (secondary N) is 1. The molecular weight excluding hydrogens is 256 g/mol. The maximum absolute atomic E-state index is 3.71. The Balaban J connectivity index is 1.80. The highest BCUT2D eigenvalue weighted by atomic mass is 15.2. The predicted octanol–water partition coefficient (Wildman–Crippen LogP) is 4.02. The smallest absolute Gasteiger partial charge is 0.0765 e. The molecule has 0 bridgehead atoms. The van der Waals surface area contributed by atoms with Crippen LogP contribution in [0.2, 0.25) is 0 Å². The molecule has 0 saturated carbocycles. The Morgan fingerprint density at radius 2 is 1.86 bits per heavy atom. The third-order valence-corrected chi connectivity index (χ3v) is 5.22. The van der Waals surface area contributed by atoms with Crippen LogP contribution in [0, 0.1) is 0 Å². The average Bonchev–Trinajstić information content (AvgIpc) is 3.06. The molecule has 2 aliphatic heterocycles. The van der Waals surface area contributed by atoms with Crippen molar-refractivity contribution in [2.45, 2.75) is 32.0 Å². The zero-order valence-corrected chi connectivity index (χ0v) is 12.1. The second kappa shape index (κ2) is 3.99. The number of nitrogens with zero attached hydrogens (tertiary/aromatic N) is 1. The topological polar surface area (TPSA) is 19.0 Å². The van der Waals surface area contributed by atoms with Gasteiger partial charge in [-0.1, -0.05) is 42.5 Å². The van der Waals surface area contributed by atoms with Crippen molar-refractivity contribution in [3.05, 3.63) is 70.9 Å². The fourth-order valence-corrected chi connectivity index (χ4v) is 4.23. The van der Waals surface area contributed by atoms with E-state index in [2.05, 4.69) is 65.3 Å². The average molecular weight is 274 g/mol. The van der Waals surface area contributed by atoms with Crippen molar-refractivity contribution >= 4 is 10.9 Å². The highest BCUT2D eigenvalue weighted by molar-refractivity contribution is 5.85. The van der Waals surface area contributed by atoms with Crippen LogP contribution in [0.5, 0.6) is 0 Å². The summed E-state index contributed by atoms with van der Waals surface area (Å²) in [5, 5.41) is 1.41. The molecule has 0 spiro atoms. The van der Waals surface area contributed by atoms with Gasteiger partial charge in [0.2, 0.25) is 0 Å². The number of para-hydroxylation sites is 1. The second-order valence-electron chi connectivity index (χ2n) is 6.39. The van der Waals surface area contributed by atoms with Gasteiger partial charge < -0.3 is 4.98 Å². The normalized spacial score (nSPS) is 23.9. The Hall–Kier alpha value is -2.06. The summed E-state index contributed by atoms with van der Waals surface area (Å²) in [6.07, 6.45) is 1.14. The zero-order valence-electron chi connectivity index (χ0n) is 12.1. The molecule has 0 amide bonds. The van der Waals surface area contributed by atoms with E-state index in [4.69, 9.17) is 0 Å². The molecule has 2 atom stereocenters. The van der Waals surface area contributed by atoms with E-state index in [1.807, 2.05) is 0 Å². The van der Waals surface area contributed by atoms with E-state index in [0.29, 0.717) is 12.1 Å². The van der Waals surface area contributed by atoms with Crippen molar-refractivity contribution in [1.82, 2.24) is 9.88 Å². The van der Waals surface area contributed by atoms with Crippen LogP contribution in [-0.4, -0.2) is 15.9 Å². The number of benzene rings is 2. The highest BCUT2D eigenvalue weighted by Crippen LogP contribution is 2.46. The molecule has 3 heterocycles. The Bertz CT molecular complexity index is 846. The standard InChI is InChI=1S/C19H18N2/c1-12-10-16-15-8-4-5-9-17(15)20-18(16)19-14-7-3-2-6-13(14)11-21(12)19/h2-9,12,19-20H,10-11H2,1H3/t12-,19+/m1/s1. The van der Waals surface area contributed by atoms with Crippen LogP contribution < -0.4 is 0 Å². The molecule has 0 aliphatic carbocycles. The van der Waals surface area contributed by atoms with Crippen LogP contribution >= 0.6 is 0 Å². The number of H-pyrrole nitrogens is 1. The van der Waals surface area contributed by atoms with Crippen molar-refractivity contribution in [2.75, 3.05) is 0 Å². The Kier molecular flexibility index (Phi) is 2.20. The van der Waals surface area contributed by atoms with E-state index in [1.165, 1.54) is 33.3 Å². The minimum atomic E-state index is 0.410. The molecule has 1 aromatic heterocycles. The lowest BCUT2D eigenvalue weighted by Gasteiger charge is -2.36. The van der Waals surface area contributed by atoms with Gasteiger partial charge in [0.25, 0.3) is 0 Å². The third-order valence-electron chi connectivity index (χ3n) is 5.22. The van der Waals surface area contributed by atoms with E-state index in [0.717, 1.165) is 13.0 Å². The molecule has 21 heavy (non-hydrogen) atoms. The molecule has 2 aliphatic rings. The van der Waals surface area contributed by atoms with E-state index >= 15 is 0 Å². The predicted molar refractivity (Wildman–Crippen MR) is 85.3 cm³/mol. The first-order valence-electron chi connectivity index (χ1n) is 7.76. The minimum absolute atomic E-state index is 0.410. The molecule has 0 radical (unpaired) electrons. The van der Waals surface area contributed by atoms with Crippen LogP contribution in [0.4, 0.5) is 0 Å². The van der Waals surface area contributed by atoms with Gasteiger partial charge in [0.05, 0.1) is 6.04 Å². The number of hydrogen-bond donors (Lipinski definition) is 1. The maximum atomic E-state index is 3.71. The van der Waals surface area contributed by atoms with Gasteiger partial charge in [-0.2, -0.15) is 0 Å². The van der Waals surface area contributed by atoms with E-state index < -0.39 is 0 Å². The van der Waals surface area contributed by atoms with E-state index in [9.17, 15) is 0 Å². The summed E-state index contributed by atoms with van der Waals surface area (Å²) >= 11 is 0. The quantitative estimate of drug-likeness (QED) is 0.656. The van der Waals surface area contributed by atoms with E-state index in [1.54, 1.807) is 0 Å². The molecule has 0 fully saturated rings. The van der Waals surface area contributed by atoms with Crippen LogP contribution in [0.1, 0.15) is 35.3 Å². The molecule has 104 valence electrons. The van der Waals surface area contributed by atoms with Crippen LogP contribution in [0.15, 0.2) is 48.5 Å². The number of fused-ring (bicyclic) bond motifs is 7. The summed E-state index contributed by atoms with van der Waals surface area (Å²) in [4.78, 5) is 6.35. The van der Waals surface area contributed by atoms with Gasteiger partial charge in [-0.15, -0.1) is 0 Å².